The van der Waals surface area contributed by atoms with Crippen molar-refractivity contribution < 1.29 is 14.3 Å². The number of ether oxygens (including phenoxy) is 2. The zero-order valence-electron chi connectivity index (χ0n) is 11.9. The summed E-state index contributed by atoms with van der Waals surface area (Å²) in [5.74, 6) is 0.599. The number of methoxy groups -OCH3 is 2. The zero-order chi connectivity index (χ0) is 14.7. The molecule has 0 aliphatic carbocycles. The van der Waals surface area contributed by atoms with E-state index in [0.29, 0.717) is 17.0 Å². The van der Waals surface area contributed by atoms with Crippen LogP contribution >= 0.6 is 0 Å². The van der Waals surface area contributed by atoms with Gasteiger partial charge in [0.25, 0.3) is 5.91 Å². The molecule has 0 bridgehead atoms. The Balaban J connectivity index is 2.29. The SMILES string of the molecule is COc1ccc(C)cc1NC(=O)c1cn(C)nc1OC. The molecule has 20 heavy (non-hydrogen) atoms. The van der Waals surface area contributed by atoms with E-state index in [1.165, 1.54) is 11.8 Å². The van der Waals surface area contributed by atoms with Crippen molar-refractivity contribution in [1.82, 2.24) is 9.78 Å². The van der Waals surface area contributed by atoms with Gasteiger partial charge in [-0.3, -0.25) is 9.48 Å². The summed E-state index contributed by atoms with van der Waals surface area (Å²) in [6, 6.07) is 5.57. The van der Waals surface area contributed by atoms with Crippen molar-refractivity contribution in [1.29, 1.82) is 0 Å². The summed E-state index contributed by atoms with van der Waals surface area (Å²) in [7, 11) is 4.77. The van der Waals surface area contributed by atoms with Crippen LogP contribution in [0.1, 0.15) is 15.9 Å². The smallest absolute Gasteiger partial charge is 0.262 e. The van der Waals surface area contributed by atoms with Crippen LogP contribution in [-0.4, -0.2) is 29.9 Å². The summed E-state index contributed by atoms with van der Waals surface area (Å²) in [6.07, 6.45) is 1.61. The van der Waals surface area contributed by atoms with Gasteiger partial charge in [0.05, 0.1) is 19.9 Å². The Bertz CT molecular complexity index is 635. The van der Waals surface area contributed by atoms with E-state index >= 15 is 0 Å². The minimum atomic E-state index is -0.293. The maximum Gasteiger partial charge on any atom is 0.262 e. The van der Waals surface area contributed by atoms with Gasteiger partial charge in [-0.05, 0) is 24.6 Å². The summed E-state index contributed by atoms with van der Waals surface area (Å²) in [6.45, 7) is 1.94. The summed E-state index contributed by atoms with van der Waals surface area (Å²) < 4.78 is 11.8. The van der Waals surface area contributed by atoms with Crippen LogP contribution in [0.4, 0.5) is 5.69 Å². The van der Waals surface area contributed by atoms with Gasteiger partial charge < -0.3 is 14.8 Å². The number of aryl methyl sites for hydroxylation is 2. The number of aromatic nitrogens is 2. The van der Waals surface area contributed by atoms with Crippen LogP contribution in [0.15, 0.2) is 24.4 Å². The molecule has 1 N–H and O–H groups in total. The third-order valence-corrected chi connectivity index (χ3v) is 2.84. The predicted octanol–water partition coefficient (Wildman–Crippen LogP) is 2.00. The topological polar surface area (TPSA) is 65.4 Å². The van der Waals surface area contributed by atoms with Crippen LogP contribution in [0.2, 0.25) is 0 Å². The van der Waals surface area contributed by atoms with Gasteiger partial charge >= 0.3 is 0 Å². The first kappa shape index (κ1) is 13.9. The lowest BCUT2D eigenvalue weighted by atomic mass is 10.2. The van der Waals surface area contributed by atoms with E-state index in [2.05, 4.69) is 10.4 Å². The molecule has 0 atom stereocenters. The molecule has 0 fully saturated rings. The lowest BCUT2D eigenvalue weighted by Crippen LogP contribution is -2.13. The summed E-state index contributed by atoms with van der Waals surface area (Å²) in [5.41, 5.74) is 2.02. The van der Waals surface area contributed by atoms with Crippen LogP contribution < -0.4 is 14.8 Å². The highest BCUT2D eigenvalue weighted by Crippen LogP contribution is 2.26. The fourth-order valence-corrected chi connectivity index (χ4v) is 1.88. The number of carbonyl (C=O) groups excluding carboxylic acids is 1. The zero-order valence-corrected chi connectivity index (χ0v) is 11.9. The molecule has 1 aromatic carbocycles. The van der Waals surface area contributed by atoms with Gasteiger partial charge in [0, 0.05) is 13.2 Å². The Morgan fingerprint density at radius 2 is 2.05 bits per heavy atom. The number of benzene rings is 1. The number of rotatable bonds is 4. The summed E-state index contributed by atoms with van der Waals surface area (Å²) in [5, 5.41) is 6.86. The number of amides is 1. The van der Waals surface area contributed by atoms with E-state index in [1.54, 1.807) is 20.4 Å². The number of carbonyl (C=O) groups is 1. The molecule has 0 saturated heterocycles. The van der Waals surface area contributed by atoms with E-state index < -0.39 is 0 Å². The molecule has 0 spiro atoms. The van der Waals surface area contributed by atoms with Gasteiger partial charge in [-0.15, -0.1) is 5.10 Å². The standard InChI is InChI=1S/C14H17N3O3/c1-9-5-6-12(19-3)11(7-9)15-13(18)10-8-17(2)16-14(10)20-4/h5-8H,1-4H3,(H,15,18). The summed E-state index contributed by atoms with van der Waals surface area (Å²) in [4.78, 5) is 12.3. The lowest BCUT2D eigenvalue weighted by Gasteiger charge is -2.10. The molecular formula is C14H17N3O3. The molecule has 1 aromatic heterocycles. The quantitative estimate of drug-likeness (QED) is 0.926. The monoisotopic (exact) mass is 275 g/mol. The van der Waals surface area contributed by atoms with E-state index in [-0.39, 0.29) is 11.8 Å². The molecule has 2 rings (SSSR count). The van der Waals surface area contributed by atoms with Gasteiger partial charge in [-0.25, -0.2) is 0 Å². The molecule has 6 heteroatoms. The largest absolute Gasteiger partial charge is 0.495 e. The molecule has 0 unspecified atom stereocenters. The van der Waals surface area contributed by atoms with Gasteiger partial charge in [-0.2, -0.15) is 0 Å². The van der Waals surface area contributed by atoms with E-state index in [9.17, 15) is 4.79 Å². The highest BCUT2D eigenvalue weighted by molar-refractivity contribution is 6.06. The number of anilines is 1. The molecular weight excluding hydrogens is 258 g/mol. The van der Waals surface area contributed by atoms with Gasteiger partial charge in [0.1, 0.15) is 11.3 Å². The average Bonchev–Trinajstić information content (AvgIpc) is 2.80. The lowest BCUT2D eigenvalue weighted by molar-refractivity contribution is 0.102. The van der Waals surface area contributed by atoms with Crippen LogP contribution in [-0.2, 0) is 7.05 Å². The minimum absolute atomic E-state index is 0.289. The van der Waals surface area contributed by atoms with Crippen molar-refractivity contribution >= 4 is 11.6 Å². The molecule has 1 amide bonds. The van der Waals surface area contributed by atoms with Gasteiger partial charge in [0.2, 0.25) is 5.88 Å². The summed E-state index contributed by atoms with van der Waals surface area (Å²) >= 11 is 0. The molecule has 1 heterocycles. The fourth-order valence-electron chi connectivity index (χ4n) is 1.88. The number of nitrogens with zero attached hydrogens (tertiary/aromatic N) is 2. The highest BCUT2D eigenvalue weighted by Gasteiger charge is 2.17. The second-order valence-electron chi connectivity index (χ2n) is 4.38. The van der Waals surface area contributed by atoms with Gasteiger partial charge in [0.15, 0.2) is 0 Å². The molecule has 0 aliphatic heterocycles. The van der Waals surface area contributed by atoms with Crippen molar-refractivity contribution in [3.8, 4) is 11.6 Å². The Labute approximate surface area is 117 Å². The molecule has 6 nitrogen and oxygen atoms in total. The normalized spacial score (nSPS) is 10.2. The highest BCUT2D eigenvalue weighted by atomic mass is 16.5. The van der Waals surface area contributed by atoms with Crippen LogP contribution in [0.5, 0.6) is 11.6 Å². The molecule has 2 aromatic rings. The van der Waals surface area contributed by atoms with Crippen molar-refractivity contribution in [2.45, 2.75) is 6.92 Å². The minimum Gasteiger partial charge on any atom is -0.495 e. The van der Waals surface area contributed by atoms with Crippen molar-refractivity contribution in [2.24, 2.45) is 7.05 Å². The predicted molar refractivity (Wildman–Crippen MR) is 75.4 cm³/mol. The van der Waals surface area contributed by atoms with E-state index in [4.69, 9.17) is 9.47 Å². The second kappa shape index (κ2) is 5.64. The second-order valence-corrected chi connectivity index (χ2v) is 4.38. The van der Waals surface area contributed by atoms with Crippen LogP contribution in [0, 0.1) is 6.92 Å². The van der Waals surface area contributed by atoms with Crippen LogP contribution in [0.25, 0.3) is 0 Å². The van der Waals surface area contributed by atoms with E-state index in [0.717, 1.165) is 5.56 Å². The first-order valence-corrected chi connectivity index (χ1v) is 6.08. The number of nitrogens with one attached hydrogen (secondary N) is 1. The maximum absolute atomic E-state index is 12.3. The van der Waals surface area contributed by atoms with Crippen molar-refractivity contribution in [3.05, 3.63) is 35.5 Å². The third kappa shape index (κ3) is 2.74. The van der Waals surface area contributed by atoms with Crippen molar-refractivity contribution in [3.63, 3.8) is 0 Å². The first-order valence-electron chi connectivity index (χ1n) is 6.08. The Morgan fingerprint density at radius 3 is 2.70 bits per heavy atom. The Hall–Kier alpha value is -2.50. The van der Waals surface area contributed by atoms with Gasteiger partial charge in [-0.1, -0.05) is 6.07 Å². The molecule has 0 aliphatic rings. The molecule has 0 radical (unpaired) electrons. The first-order chi connectivity index (χ1) is 9.55. The molecule has 106 valence electrons. The molecule has 0 saturated carbocycles. The van der Waals surface area contributed by atoms with Crippen molar-refractivity contribution in [2.75, 3.05) is 19.5 Å². The maximum atomic E-state index is 12.3. The third-order valence-electron chi connectivity index (χ3n) is 2.84. The fraction of sp³-hybridized carbons (Fsp3) is 0.286. The Kier molecular flexibility index (Phi) is 3.93. The number of hydrogen-bond acceptors (Lipinski definition) is 4. The average molecular weight is 275 g/mol. The number of hydrogen-bond donors (Lipinski definition) is 1. The Morgan fingerprint density at radius 1 is 1.30 bits per heavy atom. The van der Waals surface area contributed by atoms with Crippen LogP contribution in [0.3, 0.4) is 0 Å². The van der Waals surface area contributed by atoms with E-state index in [1.807, 2.05) is 25.1 Å².